The molecule has 1 amide bonds. The van der Waals surface area contributed by atoms with Crippen LogP contribution in [0.2, 0.25) is 10.2 Å². The second-order valence-electron chi connectivity index (χ2n) is 5.82. The van der Waals surface area contributed by atoms with Gasteiger partial charge in [-0.05, 0) is 24.3 Å². The van der Waals surface area contributed by atoms with Crippen molar-refractivity contribution in [2.45, 2.75) is 5.72 Å². The number of nitrogens with two attached hydrogens (primary N) is 1. The van der Waals surface area contributed by atoms with Gasteiger partial charge in [-0.2, -0.15) is 5.10 Å². The fourth-order valence-corrected chi connectivity index (χ4v) is 3.64. The summed E-state index contributed by atoms with van der Waals surface area (Å²) in [5.74, 6) is -1.22. The number of benzene rings is 2. The number of anilines is 1. The summed E-state index contributed by atoms with van der Waals surface area (Å²) in [7, 11) is 1.62. The van der Waals surface area contributed by atoms with E-state index in [1.54, 1.807) is 7.05 Å². The summed E-state index contributed by atoms with van der Waals surface area (Å²) in [6.45, 7) is 0. The zero-order valence-corrected chi connectivity index (χ0v) is 14.3. The number of carbonyl (C=O) groups excluding carboxylic acids is 1. The van der Waals surface area contributed by atoms with Gasteiger partial charge in [0.1, 0.15) is 16.5 Å². The Labute approximate surface area is 150 Å². The number of fused-ring (bicyclic) bond motifs is 3. The van der Waals surface area contributed by atoms with E-state index in [0.29, 0.717) is 10.5 Å². The highest BCUT2D eigenvalue weighted by molar-refractivity contribution is 6.35. The Balaban J connectivity index is 2.10. The van der Waals surface area contributed by atoms with Crippen molar-refractivity contribution in [3.8, 4) is 0 Å². The van der Waals surface area contributed by atoms with Crippen molar-refractivity contribution in [3.63, 3.8) is 0 Å². The molecule has 1 aromatic heterocycles. The van der Waals surface area contributed by atoms with Gasteiger partial charge in [0, 0.05) is 34.3 Å². The molecule has 1 atom stereocenters. The van der Waals surface area contributed by atoms with Gasteiger partial charge in [-0.1, -0.05) is 23.2 Å². The zero-order chi connectivity index (χ0) is 18.1. The standard InChI is InChI=1S/C16H11Cl2FN4O2/c1-23-14(18)7-5-10(20)12-11(13(7)22-23)15(24)21-16(12,25)8-4-6(19)2-3-9(8)17/h2-5,25H,20H2,1H3,(H,21,24). The van der Waals surface area contributed by atoms with Gasteiger partial charge in [0.25, 0.3) is 5.91 Å². The van der Waals surface area contributed by atoms with Crippen molar-refractivity contribution in [2.75, 3.05) is 5.73 Å². The van der Waals surface area contributed by atoms with Crippen LogP contribution in [-0.4, -0.2) is 20.8 Å². The first-order valence-electron chi connectivity index (χ1n) is 7.19. The topological polar surface area (TPSA) is 93.2 Å². The first-order chi connectivity index (χ1) is 11.7. The Morgan fingerprint density at radius 2 is 2.08 bits per heavy atom. The van der Waals surface area contributed by atoms with E-state index in [4.69, 9.17) is 28.9 Å². The van der Waals surface area contributed by atoms with Crippen LogP contribution in [0.5, 0.6) is 0 Å². The van der Waals surface area contributed by atoms with E-state index in [2.05, 4.69) is 10.4 Å². The van der Waals surface area contributed by atoms with Gasteiger partial charge < -0.3 is 16.2 Å². The van der Waals surface area contributed by atoms with Gasteiger partial charge in [-0.25, -0.2) is 4.39 Å². The minimum atomic E-state index is -2.08. The Hall–Kier alpha value is -2.35. The molecule has 2 heterocycles. The Morgan fingerprint density at radius 1 is 1.36 bits per heavy atom. The molecule has 0 spiro atoms. The van der Waals surface area contributed by atoms with Crippen molar-refractivity contribution in [1.82, 2.24) is 15.1 Å². The summed E-state index contributed by atoms with van der Waals surface area (Å²) >= 11 is 12.3. The van der Waals surface area contributed by atoms with E-state index in [1.807, 2.05) is 0 Å². The van der Waals surface area contributed by atoms with E-state index in [9.17, 15) is 14.3 Å². The molecule has 0 saturated carbocycles. The van der Waals surface area contributed by atoms with Crippen molar-refractivity contribution in [2.24, 2.45) is 7.05 Å². The molecule has 4 rings (SSSR count). The number of carbonyl (C=O) groups is 1. The molecule has 128 valence electrons. The number of aryl methyl sites for hydroxylation is 1. The van der Waals surface area contributed by atoms with Crippen molar-refractivity contribution >= 4 is 45.7 Å². The maximum atomic E-state index is 13.7. The second kappa shape index (κ2) is 5.08. The highest BCUT2D eigenvalue weighted by atomic mass is 35.5. The SMILES string of the molecule is Cn1nc2c3c(c(N)cc2c1Cl)C(O)(c1cc(F)ccc1Cl)NC3=O. The van der Waals surface area contributed by atoms with Crippen LogP contribution in [0.3, 0.4) is 0 Å². The van der Waals surface area contributed by atoms with Crippen LogP contribution in [0.15, 0.2) is 24.3 Å². The minimum absolute atomic E-state index is 0.0191. The van der Waals surface area contributed by atoms with Crippen molar-refractivity contribution in [3.05, 3.63) is 56.9 Å². The molecule has 0 radical (unpaired) electrons. The number of rotatable bonds is 1. The third-order valence-corrected chi connectivity index (χ3v) is 5.07. The summed E-state index contributed by atoms with van der Waals surface area (Å²) in [4.78, 5) is 12.6. The predicted molar refractivity (Wildman–Crippen MR) is 92.0 cm³/mol. The molecule has 0 bridgehead atoms. The monoisotopic (exact) mass is 380 g/mol. The van der Waals surface area contributed by atoms with Gasteiger partial charge in [0.15, 0.2) is 5.72 Å². The summed E-state index contributed by atoms with van der Waals surface area (Å²) in [5.41, 5.74) is 4.56. The molecule has 6 nitrogen and oxygen atoms in total. The van der Waals surface area contributed by atoms with E-state index >= 15 is 0 Å². The molecule has 1 aliphatic heterocycles. The van der Waals surface area contributed by atoms with Gasteiger partial charge in [-0.15, -0.1) is 0 Å². The van der Waals surface area contributed by atoms with E-state index in [-0.39, 0.29) is 32.9 Å². The number of aliphatic hydroxyl groups is 1. The Morgan fingerprint density at radius 3 is 2.80 bits per heavy atom. The van der Waals surface area contributed by atoms with Crippen LogP contribution in [0, 0.1) is 5.82 Å². The average Bonchev–Trinajstić information content (AvgIpc) is 2.98. The van der Waals surface area contributed by atoms with Gasteiger partial charge >= 0.3 is 0 Å². The number of hydrogen-bond donors (Lipinski definition) is 3. The maximum Gasteiger partial charge on any atom is 0.256 e. The normalized spacial score (nSPS) is 19.3. The molecule has 0 fully saturated rings. The highest BCUT2D eigenvalue weighted by Gasteiger charge is 2.47. The Bertz CT molecular complexity index is 1080. The lowest BCUT2D eigenvalue weighted by atomic mass is 9.91. The number of nitrogen functional groups attached to an aromatic ring is 1. The van der Waals surface area contributed by atoms with E-state index in [0.717, 1.165) is 12.1 Å². The average molecular weight is 381 g/mol. The minimum Gasteiger partial charge on any atom is -0.398 e. The molecule has 1 unspecified atom stereocenters. The molecule has 4 N–H and O–H groups in total. The lowest BCUT2D eigenvalue weighted by Crippen LogP contribution is -2.40. The number of aromatic nitrogens is 2. The molecule has 3 aromatic rings. The molecule has 0 saturated heterocycles. The number of nitrogens with zero attached hydrogens (tertiary/aromatic N) is 2. The molecule has 0 aliphatic carbocycles. The van der Waals surface area contributed by atoms with Crippen LogP contribution in [0.4, 0.5) is 10.1 Å². The van der Waals surface area contributed by atoms with Crippen LogP contribution in [0.1, 0.15) is 21.5 Å². The molecule has 2 aromatic carbocycles. The molecular weight excluding hydrogens is 370 g/mol. The van der Waals surface area contributed by atoms with E-state index in [1.165, 1.54) is 16.8 Å². The van der Waals surface area contributed by atoms with Crippen LogP contribution < -0.4 is 11.1 Å². The molecule has 9 heteroatoms. The van der Waals surface area contributed by atoms with Gasteiger partial charge in [0.2, 0.25) is 0 Å². The molecule has 25 heavy (non-hydrogen) atoms. The highest BCUT2D eigenvalue weighted by Crippen LogP contribution is 2.44. The smallest absolute Gasteiger partial charge is 0.256 e. The first kappa shape index (κ1) is 16.1. The first-order valence-corrected chi connectivity index (χ1v) is 7.95. The van der Waals surface area contributed by atoms with Crippen molar-refractivity contribution < 1.29 is 14.3 Å². The summed E-state index contributed by atoms with van der Waals surface area (Å²) in [6.07, 6.45) is 0. The molecule has 1 aliphatic rings. The molecular formula is C16H11Cl2FN4O2. The van der Waals surface area contributed by atoms with Crippen LogP contribution in [-0.2, 0) is 12.8 Å². The van der Waals surface area contributed by atoms with Crippen LogP contribution >= 0.6 is 23.2 Å². The Kier molecular flexibility index (Phi) is 3.28. The summed E-state index contributed by atoms with van der Waals surface area (Å²) in [6, 6.07) is 5.01. The number of halogens is 3. The lowest BCUT2D eigenvalue weighted by molar-refractivity contribution is 0.0479. The van der Waals surface area contributed by atoms with Gasteiger partial charge in [0.05, 0.1) is 5.56 Å². The van der Waals surface area contributed by atoms with Crippen LogP contribution in [0.25, 0.3) is 10.9 Å². The lowest BCUT2D eigenvalue weighted by Gasteiger charge is -2.26. The maximum absolute atomic E-state index is 13.7. The number of nitrogens with one attached hydrogen (secondary N) is 1. The largest absolute Gasteiger partial charge is 0.398 e. The fraction of sp³-hybridized carbons (Fsp3) is 0.125. The summed E-state index contributed by atoms with van der Waals surface area (Å²) in [5, 5.41) is 18.7. The third-order valence-electron chi connectivity index (χ3n) is 4.29. The third kappa shape index (κ3) is 2.06. The summed E-state index contributed by atoms with van der Waals surface area (Å²) < 4.78 is 15.1. The van der Waals surface area contributed by atoms with Gasteiger partial charge in [-0.3, -0.25) is 9.48 Å². The fourth-order valence-electron chi connectivity index (χ4n) is 3.20. The predicted octanol–water partition coefficient (Wildman–Crippen LogP) is 2.54. The zero-order valence-electron chi connectivity index (χ0n) is 12.8. The second-order valence-corrected chi connectivity index (χ2v) is 6.58. The quantitative estimate of drug-likeness (QED) is 0.565. The number of hydrogen-bond acceptors (Lipinski definition) is 4. The van der Waals surface area contributed by atoms with Crippen molar-refractivity contribution in [1.29, 1.82) is 0 Å². The van der Waals surface area contributed by atoms with E-state index < -0.39 is 17.4 Å². The number of amides is 1.